The molecule has 0 aromatic heterocycles. The molecule has 3 N–H and O–H groups in total. The number of hydrogen-bond acceptors (Lipinski definition) is 3. The van der Waals surface area contributed by atoms with Crippen molar-refractivity contribution in [2.45, 2.75) is 19.3 Å². The highest BCUT2D eigenvalue weighted by Crippen LogP contribution is 2.39. The van der Waals surface area contributed by atoms with Gasteiger partial charge in [-0.2, -0.15) is 0 Å². The van der Waals surface area contributed by atoms with E-state index >= 15 is 0 Å². The molecule has 2 aromatic rings. The lowest BCUT2D eigenvalue weighted by atomic mass is 10.1. The number of amides is 2. The van der Waals surface area contributed by atoms with Crippen molar-refractivity contribution >= 4 is 29.9 Å². The van der Waals surface area contributed by atoms with Gasteiger partial charge in [-0.15, -0.1) is 12.4 Å². The van der Waals surface area contributed by atoms with Crippen molar-refractivity contribution in [3.63, 3.8) is 0 Å². The fraction of sp³-hybridized carbons (Fsp3) is 0.333. The molecule has 27 heavy (non-hydrogen) atoms. The largest absolute Gasteiger partial charge is 0.356 e. The maximum atomic E-state index is 12.5. The van der Waals surface area contributed by atoms with Crippen molar-refractivity contribution in [3.8, 4) is 11.1 Å². The normalized spacial score (nSPS) is 17.3. The van der Waals surface area contributed by atoms with Gasteiger partial charge in [0, 0.05) is 25.2 Å². The first kappa shape index (κ1) is 19.4. The van der Waals surface area contributed by atoms with Crippen LogP contribution in [0.4, 0.5) is 5.69 Å². The van der Waals surface area contributed by atoms with E-state index in [0.717, 1.165) is 18.5 Å². The van der Waals surface area contributed by atoms with Crippen molar-refractivity contribution in [2.24, 2.45) is 11.7 Å². The summed E-state index contributed by atoms with van der Waals surface area (Å²) in [7, 11) is 0. The molecule has 142 valence electrons. The summed E-state index contributed by atoms with van der Waals surface area (Å²) < 4.78 is 0. The zero-order valence-corrected chi connectivity index (χ0v) is 15.9. The standard InChI is InChI=1S/C21H23N3O2.ClH/c22-8-3-9-23-21(26)16-12-20(25)24(13-16)17-6-7-19-15(11-17)10-14-4-1-2-5-18(14)19;/h1-2,4-7,11,16H,3,8-10,12-13,22H2,(H,23,26);1H. The summed E-state index contributed by atoms with van der Waals surface area (Å²) >= 11 is 0. The Bertz CT molecular complexity index is 868. The Balaban J connectivity index is 0.00000210. The van der Waals surface area contributed by atoms with Gasteiger partial charge in [-0.25, -0.2) is 0 Å². The number of halogens is 1. The third-order valence-corrected chi connectivity index (χ3v) is 5.26. The number of hydrogen-bond donors (Lipinski definition) is 2. The van der Waals surface area contributed by atoms with E-state index in [2.05, 4.69) is 41.7 Å². The SMILES string of the molecule is Cl.NCCCNC(=O)C1CC(=O)N(c2ccc3c(c2)Cc2ccccc2-3)C1. The second kappa shape index (κ2) is 8.11. The van der Waals surface area contributed by atoms with E-state index in [9.17, 15) is 9.59 Å². The number of carbonyl (C=O) groups is 2. The first-order valence-corrected chi connectivity index (χ1v) is 9.16. The molecule has 1 aliphatic heterocycles. The molecule has 0 radical (unpaired) electrons. The van der Waals surface area contributed by atoms with Crippen molar-refractivity contribution in [1.82, 2.24) is 5.32 Å². The van der Waals surface area contributed by atoms with E-state index in [1.165, 1.54) is 22.3 Å². The number of benzene rings is 2. The van der Waals surface area contributed by atoms with Gasteiger partial charge < -0.3 is 16.0 Å². The minimum absolute atomic E-state index is 0. The molecule has 2 aliphatic rings. The smallest absolute Gasteiger partial charge is 0.227 e. The second-order valence-corrected chi connectivity index (χ2v) is 7.01. The molecular formula is C21H24ClN3O2. The van der Waals surface area contributed by atoms with Gasteiger partial charge in [0.25, 0.3) is 0 Å². The Kier molecular flexibility index (Phi) is 5.82. The fourth-order valence-corrected chi connectivity index (χ4v) is 3.89. The third kappa shape index (κ3) is 3.70. The number of rotatable bonds is 5. The lowest BCUT2D eigenvalue weighted by Crippen LogP contribution is -2.34. The average Bonchev–Trinajstić information content (AvgIpc) is 3.21. The predicted molar refractivity (Wildman–Crippen MR) is 109 cm³/mol. The zero-order chi connectivity index (χ0) is 18.1. The van der Waals surface area contributed by atoms with Gasteiger partial charge >= 0.3 is 0 Å². The highest BCUT2D eigenvalue weighted by atomic mass is 35.5. The van der Waals surface area contributed by atoms with E-state index < -0.39 is 0 Å². The van der Waals surface area contributed by atoms with Crippen LogP contribution in [0.5, 0.6) is 0 Å². The van der Waals surface area contributed by atoms with E-state index in [1.807, 2.05) is 6.07 Å². The Morgan fingerprint density at radius 3 is 2.74 bits per heavy atom. The molecule has 0 saturated carbocycles. The quantitative estimate of drug-likeness (QED) is 0.662. The van der Waals surface area contributed by atoms with E-state index in [-0.39, 0.29) is 36.6 Å². The van der Waals surface area contributed by atoms with Crippen molar-refractivity contribution < 1.29 is 9.59 Å². The van der Waals surface area contributed by atoms with Crippen molar-refractivity contribution in [2.75, 3.05) is 24.5 Å². The molecule has 2 amide bonds. The average molecular weight is 386 g/mol. The topological polar surface area (TPSA) is 75.4 Å². The number of carbonyl (C=O) groups excluding carboxylic acids is 2. The van der Waals surface area contributed by atoms with Crippen LogP contribution in [0.1, 0.15) is 24.0 Å². The van der Waals surface area contributed by atoms with E-state index in [0.29, 0.717) is 19.6 Å². The summed E-state index contributed by atoms with van der Waals surface area (Å²) in [5.74, 6) is -0.326. The molecule has 4 rings (SSSR count). The number of nitrogens with two attached hydrogens (primary N) is 1. The molecule has 1 heterocycles. The number of nitrogens with one attached hydrogen (secondary N) is 1. The third-order valence-electron chi connectivity index (χ3n) is 5.26. The highest BCUT2D eigenvalue weighted by Gasteiger charge is 2.35. The molecule has 1 atom stereocenters. The minimum atomic E-state index is -0.286. The van der Waals surface area contributed by atoms with Crippen LogP contribution in [0, 0.1) is 5.92 Å². The van der Waals surface area contributed by atoms with Gasteiger partial charge in [0.15, 0.2) is 0 Å². The molecule has 2 aromatic carbocycles. The van der Waals surface area contributed by atoms with Gasteiger partial charge in [0.1, 0.15) is 0 Å². The van der Waals surface area contributed by atoms with Crippen molar-refractivity contribution in [1.29, 1.82) is 0 Å². The number of anilines is 1. The van der Waals surface area contributed by atoms with E-state index in [1.54, 1.807) is 4.90 Å². The zero-order valence-electron chi connectivity index (χ0n) is 15.1. The van der Waals surface area contributed by atoms with Crippen molar-refractivity contribution in [3.05, 3.63) is 53.6 Å². The molecule has 1 saturated heterocycles. The van der Waals surface area contributed by atoms with Crippen LogP contribution < -0.4 is 16.0 Å². The number of nitrogens with zero attached hydrogens (tertiary/aromatic N) is 1. The highest BCUT2D eigenvalue weighted by molar-refractivity contribution is 6.00. The number of fused-ring (bicyclic) bond motifs is 3. The summed E-state index contributed by atoms with van der Waals surface area (Å²) in [6.07, 6.45) is 1.91. The van der Waals surface area contributed by atoms with Gasteiger partial charge in [-0.3, -0.25) is 9.59 Å². The molecule has 0 spiro atoms. The van der Waals surface area contributed by atoms with Gasteiger partial charge in [-0.05, 0) is 53.8 Å². The van der Waals surface area contributed by atoms with Crippen LogP contribution in [0.15, 0.2) is 42.5 Å². The molecular weight excluding hydrogens is 362 g/mol. The molecule has 0 bridgehead atoms. The lowest BCUT2D eigenvalue weighted by Gasteiger charge is -2.18. The molecule has 1 aliphatic carbocycles. The van der Waals surface area contributed by atoms with Gasteiger partial charge in [0.2, 0.25) is 11.8 Å². The summed E-state index contributed by atoms with van der Waals surface area (Å²) in [5.41, 5.74) is 11.4. The Hall–Kier alpha value is -2.37. The van der Waals surface area contributed by atoms with Crippen LogP contribution in [-0.4, -0.2) is 31.4 Å². The van der Waals surface area contributed by atoms with Crippen LogP contribution in [0.2, 0.25) is 0 Å². The summed E-state index contributed by atoms with van der Waals surface area (Å²) in [6.45, 7) is 1.56. The Morgan fingerprint density at radius 2 is 1.93 bits per heavy atom. The monoisotopic (exact) mass is 385 g/mol. The van der Waals surface area contributed by atoms with Crippen LogP contribution in [-0.2, 0) is 16.0 Å². The predicted octanol–water partition coefficient (Wildman–Crippen LogP) is 2.50. The van der Waals surface area contributed by atoms with Crippen LogP contribution in [0.25, 0.3) is 11.1 Å². The first-order valence-electron chi connectivity index (χ1n) is 9.16. The summed E-state index contributed by atoms with van der Waals surface area (Å²) in [6, 6.07) is 14.6. The Morgan fingerprint density at radius 1 is 1.15 bits per heavy atom. The maximum Gasteiger partial charge on any atom is 0.227 e. The summed E-state index contributed by atoms with van der Waals surface area (Å²) in [5, 5.41) is 2.87. The van der Waals surface area contributed by atoms with Gasteiger partial charge in [-0.1, -0.05) is 30.3 Å². The van der Waals surface area contributed by atoms with E-state index in [4.69, 9.17) is 5.73 Å². The maximum absolute atomic E-state index is 12.5. The molecule has 1 unspecified atom stereocenters. The molecule has 6 heteroatoms. The minimum Gasteiger partial charge on any atom is -0.356 e. The fourth-order valence-electron chi connectivity index (χ4n) is 3.89. The molecule has 5 nitrogen and oxygen atoms in total. The lowest BCUT2D eigenvalue weighted by molar-refractivity contribution is -0.126. The second-order valence-electron chi connectivity index (χ2n) is 7.01. The van der Waals surface area contributed by atoms with Gasteiger partial charge in [0.05, 0.1) is 5.92 Å². The molecule has 1 fully saturated rings. The first-order chi connectivity index (χ1) is 12.7. The van der Waals surface area contributed by atoms with Crippen LogP contribution in [0.3, 0.4) is 0 Å². The Labute approximate surface area is 165 Å². The summed E-state index contributed by atoms with van der Waals surface area (Å²) in [4.78, 5) is 26.5. The van der Waals surface area contributed by atoms with Crippen LogP contribution >= 0.6 is 12.4 Å².